The molecule has 4 rings (SSSR count). The summed E-state index contributed by atoms with van der Waals surface area (Å²) >= 11 is 0. The Kier molecular flexibility index (Phi) is 15.9. The first kappa shape index (κ1) is 38.1. The molecular weight excluding hydrogens is 572 g/mol. The smallest absolute Gasteiger partial charge is 0.381 e. The summed E-state index contributed by atoms with van der Waals surface area (Å²) in [5, 5.41) is 11.4. The van der Waals surface area contributed by atoms with E-state index in [4.69, 9.17) is 14.6 Å². The summed E-state index contributed by atoms with van der Waals surface area (Å²) in [5.41, 5.74) is -0.782. The zero-order valence-electron chi connectivity index (χ0n) is 28.5. The summed E-state index contributed by atoms with van der Waals surface area (Å²) in [6, 6.07) is 0. The minimum absolute atomic E-state index is 0.0750. The number of nitrogens with one attached hydrogen (secondary N) is 1. The molecule has 2 saturated carbocycles. The van der Waals surface area contributed by atoms with Crippen molar-refractivity contribution in [1.82, 2.24) is 10.2 Å². The summed E-state index contributed by atoms with van der Waals surface area (Å²) in [6.07, 6.45) is 12.8. The van der Waals surface area contributed by atoms with Crippen LogP contribution >= 0.6 is 0 Å². The van der Waals surface area contributed by atoms with Gasteiger partial charge in [0.1, 0.15) is 11.2 Å². The highest BCUT2D eigenvalue weighted by Gasteiger charge is 2.33. The Morgan fingerprint density at radius 3 is 1.49 bits per heavy atom. The number of hydrogen-bond acceptors (Lipinski definition) is 7. The van der Waals surface area contributed by atoms with Crippen LogP contribution < -0.4 is 5.32 Å². The van der Waals surface area contributed by atoms with Crippen molar-refractivity contribution in [3.8, 4) is 23.7 Å². The second-order valence-corrected chi connectivity index (χ2v) is 14.7. The van der Waals surface area contributed by atoms with Gasteiger partial charge in [-0.15, -0.1) is 0 Å². The van der Waals surface area contributed by atoms with E-state index in [-0.39, 0.29) is 29.4 Å². The molecule has 2 aliphatic heterocycles. The molecule has 1 amide bonds. The Balaban J connectivity index is 0.000000259. The van der Waals surface area contributed by atoms with E-state index in [0.717, 1.165) is 38.8 Å². The molecule has 2 saturated heterocycles. The summed E-state index contributed by atoms with van der Waals surface area (Å²) in [5.74, 6) is 11.0. The minimum Gasteiger partial charge on any atom is -0.472 e. The summed E-state index contributed by atoms with van der Waals surface area (Å²) in [7, 11) is 0. The van der Waals surface area contributed by atoms with Crippen LogP contribution in [-0.2, 0) is 28.7 Å². The third kappa shape index (κ3) is 17.9. The van der Waals surface area contributed by atoms with Gasteiger partial charge < -0.3 is 24.8 Å². The number of ether oxygens (including phenoxy) is 2. The molecule has 252 valence electrons. The Morgan fingerprint density at radius 2 is 1.11 bits per heavy atom. The molecule has 0 unspecified atom stereocenters. The number of rotatable bonds is 4. The van der Waals surface area contributed by atoms with E-state index in [1.54, 1.807) is 4.90 Å². The van der Waals surface area contributed by atoms with Crippen LogP contribution in [0.4, 0.5) is 0 Å². The maximum atomic E-state index is 12.0. The lowest BCUT2D eigenvalue weighted by Crippen LogP contribution is -2.50. The van der Waals surface area contributed by atoms with Gasteiger partial charge in [-0.1, -0.05) is 50.4 Å². The Labute approximate surface area is 270 Å². The predicted octanol–water partition coefficient (Wildman–Crippen LogP) is 5.35. The monoisotopic (exact) mass is 628 g/mol. The normalized spacial score (nSPS) is 19.2. The molecule has 2 heterocycles. The molecular formula is C36H56N2O7. The quantitative estimate of drug-likeness (QED) is 0.316. The Hall–Kier alpha value is -3.04. The van der Waals surface area contributed by atoms with Gasteiger partial charge in [-0.3, -0.25) is 14.4 Å². The summed E-state index contributed by atoms with van der Waals surface area (Å²) < 4.78 is 10.5. The average molecular weight is 629 g/mol. The molecule has 0 bridgehead atoms. The van der Waals surface area contributed by atoms with E-state index in [2.05, 4.69) is 29.0 Å². The lowest BCUT2D eigenvalue weighted by atomic mass is 9.90. The number of hydrogen-bond donors (Lipinski definition) is 2. The van der Waals surface area contributed by atoms with Gasteiger partial charge >= 0.3 is 17.9 Å². The Bertz CT molecular complexity index is 1090. The molecule has 0 spiro atoms. The van der Waals surface area contributed by atoms with Crippen molar-refractivity contribution in [3.05, 3.63) is 0 Å². The van der Waals surface area contributed by atoms with E-state index < -0.39 is 11.6 Å². The second kappa shape index (κ2) is 18.8. The fraction of sp³-hybridized carbons (Fsp3) is 0.778. The number of carbonyl (C=O) groups is 4. The molecule has 4 aliphatic rings. The van der Waals surface area contributed by atoms with E-state index >= 15 is 0 Å². The van der Waals surface area contributed by atoms with Gasteiger partial charge in [-0.05, 0) is 92.2 Å². The van der Waals surface area contributed by atoms with Crippen molar-refractivity contribution < 1.29 is 33.8 Å². The van der Waals surface area contributed by atoms with Crippen LogP contribution in [0.1, 0.15) is 119 Å². The standard InChI is InChI=1S/C18H27NO3.C9H17NO2.C9H12O2/c1-18(2,3)22-17(21)11-15-12-19(13-15)16(20)10-9-14-7-5-4-6-8-14;1-9(2,3)12-8(11)4-7-5-10-6-7;10-9(11)7-6-8-4-2-1-3-5-8/h14-15H,4-8,11-13H2,1-3H3;7,10H,4-6H2,1-3H3;8H,1-5H2,(H,10,11). The van der Waals surface area contributed by atoms with Crippen LogP contribution in [0.5, 0.6) is 0 Å². The number of carbonyl (C=O) groups excluding carboxylic acids is 3. The zero-order valence-corrected chi connectivity index (χ0v) is 28.5. The van der Waals surface area contributed by atoms with Crippen LogP contribution in [0.15, 0.2) is 0 Å². The number of likely N-dealkylation sites (tertiary alicyclic amines) is 1. The topological polar surface area (TPSA) is 122 Å². The lowest BCUT2D eigenvalue weighted by Gasteiger charge is -2.37. The molecule has 4 fully saturated rings. The first-order valence-electron chi connectivity index (χ1n) is 16.8. The Morgan fingerprint density at radius 1 is 0.689 bits per heavy atom. The molecule has 0 aromatic heterocycles. The molecule has 0 aromatic carbocycles. The molecule has 0 radical (unpaired) electrons. The first-order valence-corrected chi connectivity index (χ1v) is 16.8. The number of nitrogens with zero attached hydrogens (tertiary/aromatic N) is 1. The number of esters is 2. The van der Waals surface area contributed by atoms with Gasteiger partial charge in [0.2, 0.25) is 0 Å². The third-order valence-corrected chi connectivity index (χ3v) is 7.84. The van der Waals surface area contributed by atoms with Gasteiger partial charge in [0, 0.05) is 36.8 Å². The highest BCUT2D eigenvalue weighted by atomic mass is 16.6. The molecule has 9 nitrogen and oxygen atoms in total. The van der Waals surface area contributed by atoms with Crippen LogP contribution in [0.25, 0.3) is 0 Å². The average Bonchev–Trinajstić information content (AvgIpc) is 2.90. The molecule has 2 aliphatic carbocycles. The second-order valence-electron chi connectivity index (χ2n) is 14.7. The molecule has 0 aromatic rings. The fourth-order valence-electron chi connectivity index (χ4n) is 5.50. The maximum absolute atomic E-state index is 12.0. The lowest BCUT2D eigenvalue weighted by molar-refractivity contribution is -0.158. The molecule has 0 atom stereocenters. The van der Waals surface area contributed by atoms with Crippen LogP contribution in [0.2, 0.25) is 0 Å². The molecule has 2 N–H and O–H groups in total. The largest absolute Gasteiger partial charge is 0.472 e. The highest BCUT2D eigenvalue weighted by molar-refractivity contribution is 5.94. The van der Waals surface area contributed by atoms with E-state index in [1.807, 2.05) is 41.5 Å². The van der Waals surface area contributed by atoms with Gasteiger partial charge in [0.05, 0.1) is 12.8 Å². The van der Waals surface area contributed by atoms with Crippen molar-refractivity contribution in [2.45, 2.75) is 130 Å². The number of amides is 1. The fourth-order valence-corrected chi connectivity index (χ4v) is 5.50. The van der Waals surface area contributed by atoms with Crippen LogP contribution in [-0.4, -0.2) is 71.2 Å². The van der Waals surface area contributed by atoms with Crippen molar-refractivity contribution in [3.63, 3.8) is 0 Å². The SMILES string of the molecule is CC(C)(C)OC(=O)CC1CN(C(=O)C#CC2CCCCC2)C1.CC(C)(C)OC(=O)CC1CNC1.O=C(O)C#CC1CCCCC1. The summed E-state index contributed by atoms with van der Waals surface area (Å²) in [4.78, 5) is 46.7. The molecule has 9 heteroatoms. The van der Waals surface area contributed by atoms with Gasteiger partial charge in [-0.2, -0.15) is 0 Å². The number of aliphatic carboxylic acids is 1. The van der Waals surface area contributed by atoms with Gasteiger partial charge in [0.25, 0.3) is 5.91 Å². The third-order valence-electron chi connectivity index (χ3n) is 7.84. The first-order chi connectivity index (χ1) is 21.1. The van der Waals surface area contributed by atoms with E-state index in [0.29, 0.717) is 43.7 Å². The maximum Gasteiger partial charge on any atom is 0.381 e. The van der Waals surface area contributed by atoms with E-state index in [9.17, 15) is 19.2 Å². The van der Waals surface area contributed by atoms with Crippen molar-refractivity contribution >= 4 is 23.8 Å². The van der Waals surface area contributed by atoms with E-state index in [1.165, 1.54) is 38.5 Å². The summed E-state index contributed by atoms with van der Waals surface area (Å²) in [6.45, 7) is 14.4. The van der Waals surface area contributed by atoms with Crippen molar-refractivity contribution in [2.24, 2.45) is 23.7 Å². The minimum atomic E-state index is -1.00. The van der Waals surface area contributed by atoms with Crippen LogP contribution in [0.3, 0.4) is 0 Å². The van der Waals surface area contributed by atoms with Crippen molar-refractivity contribution in [1.29, 1.82) is 0 Å². The number of carboxylic acid groups (broad SMARTS) is 1. The number of carboxylic acids is 1. The van der Waals surface area contributed by atoms with Crippen LogP contribution in [0, 0.1) is 47.4 Å². The molecule has 45 heavy (non-hydrogen) atoms. The highest BCUT2D eigenvalue weighted by Crippen LogP contribution is 2.24. The van der Waals surface area contributed by atoms with Gasteiger partial charge in [0.15, 0.2) is 0 Å². The van der Waals surface area contributed by atoms with Crippen molar-refractivity contribution in [2.75, 3.05) is 26.2 Å². The predicted molar refractivity (Wildman–Crippen MR) is 174 cm³/mol. The zero-order chi connectivity index (χ0) is 33.5. The van der Waals surface area contributed by atoms with Gasteiger partial charge in [-0.25, -0.2) is 4.79 Å².